The number of carbonyl (C=O) groups excluding carboxylic acids is 1. The number of nitrogens with one attached hydrogen (secondary N) is 1. The highest BCUT2D eigenvalue weighted by atomic mass is 19.1. The maximum Gasteiger partial charge on any atom is 0.222 e. The zero-order valence-electron chi connectivity index (χ0n) is 17.5. The van der Waals surface area contributed by atoms with Gasteiger partial charge in [-0.2, -0.15) is 0 Å². The quantitative estimate of drug-likeness (QED) is 0.825. The fourth-order valence-electron chi connectivity index (χ4n) is 6.35. The fourth-order valence-corrected chi connectivity index (χ4v) is 6.35. The number of hydrogen-bond donors (Lipinski definition) is 1. The van der Waals surface area contributed by atoms with Gasteiger partial charge in [0.25, 0.3) is 0 Å². The van der Waals surface area contributed by atoms with Crippen molar-refractivity contribution in [3.05, 3.63) is 29.6 Å². The van der Waals surface area contributed by atoms with Gasteiger partial charge < -0.3 is 14.8 Å². The molecule has 0 radical (unpaired) electrons. The molecule has 2 aliphatic carbocycles. The normalized spacial score (nSPS) is 35.7. The first-order valence-electron chi connectivity index (χ1n) is 10.5. The lowest BCUT2D eigenvalue weighted by Crippen LogP contribution is -2.59. The average Bonchev–Trinajstić information content (AvgIpc) is 3.14. The maximum absolute atomic E-state index is 14.9. The molecule has 1 aromatic rings. The minimum absolute atomic E-state index is 0.0300. The summed E-state index contributed by atoms with van der Waals surface area (Å²) < 4.78 is 26.5. The summed E-state index contributed by atoms with van der Waals surface area (Å²) in [6, 6.07) is 5.05. The van der Waals surface area contributed by atoms with Crippen LogP contribution in [0.25, 0.3) is 0 Å². The van der Waals surface area contributed by atoms with E-state index in [1.54, 1.807) is 19.2 Å². The van der Waals surface area contributed by atoms with Crippen molar-refractivity contribution in [2.75, 3.05) is 13.7 Å². The molecule has 1 aliphatic heterocycles. The van der Waals surface area contributed by atoms with Crippen molar-refractivity contribution in [3.63, 3.8) is 0 Å². The van der Waals surface area contributed by atoms with E-state index in [1.807, 2.05) is 13.8 Å². The SMILES string of the molecule is COc1cccc(F)c1[C@H]1OCC[C@@]23C[C@@H](C[C@H]12)C(C)(C)[C@@H]3NC(=O)C(C)C. The highest BCUT2D eigenvalue weighted by Gasteiger charge is 2.68. The molecule has 4 rings (SSSR count). The summed E-state index contributed by atoms with van der Waals surface area (Å²) in [5.41, 5.74) is 0.519. The van der Waals surface area contributed by atoms with Gasteiger partial charge in [-0.25, -0.2) is 4.39 Å². The molecular weight excluding hydrogens is 357 g/mol. The highest BCUT2D eigenvalue weighted by molar-refractivity contribution is 5.78. The number of benzene rings is 1. The van der Waals surface area contributed by atoms with Crippen LogP contribution in [0.4, 0.5) is 4.39 Å². The van der Waals surface area contributed by atoms with E-state index >= 15 is 0 Å². The van der Waals surface area contributed by atoms with Gasteiger partial charge in [0, 0.05) is 18.6 Å². The molecule has 4 nitrogen and oxygen atoms in total. The van der Waals surface area contributed by atoms with E-state index < -0.39 is 0 Å². The molecule has 2 bridgehead atoms. The molecule has 1 spiro atoms. The molecule has 5 atom stereocenters. The molecule has 28 heavy (non-hydrogen) atoms. The van der Waals surface area contributed by atoms with Gasteiger partial charge in [0.2, 0.25) is 5.91 Å². The Bertz CT molecular complexity index is 777. The van der Waals surface area contributed by atoms with E-state index in [-0.39, 0.29) is 46.5 Å². The number of rotatable bonds is 4. The number of fused-ring (bicyclic) bond motifs is 1. The van der Waals surface area contributed by atoms with Gasteiger partial charge in [0.05, 0.1) is 18.8 Å². The zero-order valence-corrected chi connectivity index (χ0v) is 17.5. The van der Waals surface area contributed by atoms with Crippen LogP contribution >= 0.6 is 0 Å². The smallest absolute Gasteiger partial charge is 0.222 e. The first kappa shape index (κ1) is 19.7. The Morgan fingerprint density at radius 2 is 2.11 bits per heavy atom. The standard InChI is InChI=1S/C23H32FNO3/c1-13(2)20(26)25-21-22(3,4)14-11-15-19(28-10-9-23(15,21)12-14)18-16(24)7-6-8-17(18)27-5/h6-8,13-15,19,21H,9-12H2,1-5H3,(H,25,26)/t14-,15-,19+,21+,23-/m1/s1. The van der Waals surface area contributed by atoms with Gasteiger partial charge in [-0.15, -0.1) is 0 Å². The summed E-state index contributed by atoms with van der Waals surface area (Å²) in [5, 5.41) is 3.39. The Morgan fingerprint density at radius 1 is 1.36 bits per heavy atom. The summed E-state index contributed by atoms with van der Waals surface area (Å²) in [4.78, 5) is 12.6. The number of hydrogen-bond acceptors (Lipinski definition) is 3. The first-order valence-corrected chi connectivity index (χ1v) is 10.5. The molecule has 154 valence electrons. The van der Waals surface area contributed by atoms with Crippen LogP contribution in [0.5, 0.6) is 5.75 Å². The van der Waals surface area contributed by atoms with Crippen LogP contribution in [0.1, 0.15) is 58.6 Å². The van der Waals surface area contributed by atoms with Crippen molar-refractivity contribution in [2.45, 2.75) is 59.1 Å². The Hall–Kier alpha value is -1.62. The third-order valence-corrected chi connectivity index (χ3v) is 7.83. The number of carbonyl (C=O) groups is 1. The molecule has 3 fully saturated rings. The van der Waals surface area contributed by atoms with Crippen LogP contribution in [-0.2, 0) is 9.53 Å². The second-order valence-corrected chi connectivity index (χ2v) is 9.79. The van der Waals surface area contributed by atoms with E-state index in [0.717, 1.165) is 19.3 Å². The molecule has 1 N–H and O–H groups in total. The summed E-state index contributed by atoms with van der Waals surface area (Å²) in [5.74, 6) is 1.01. The summed E-state index contributed by atoms with van der Waals surface area (Å²) in [6.45, 7) is 9.00. The summed E-state index contributed by atoms with van der Waals surface area (Å²) >= 11 is 0. The number of amides is 1. The van der Waals surface area contributed by atoms with Crippen LogP contribution in [-0.4, -0.2) is 25.7 Å². The molecule has 3 aliphatic rings. The van der Waals surface area contributed by atoms with E-state index in [4.69, 9.17) is 9.47 Å². The topological polar surface area (TPSA) is 47.6 Å². The molecule has 1 saturated heterocycles. The van der Waals surface area contributed by atoms with Crippen molar-refractivity contribution < 1.29 is 18.7 Å². The molecule has 5 heteroatoms. The third kappa shape index (κ3) is 2.69. The Balaban J connectivity index is 1.74. The van der Waals surface area contributed by atoms with Crippen LogP contribution in [0, 0.1) is 34.4 Å². The molecular formula is C23H32FNO3. The molecule has 1 aromatic carbocycles. The van der Waals surface area contributed by atoms with Gasteiger partial charge >= 0.3 is 0 Å². The van der Waals surface area contributed by atoms with Crippen molar-refractivity contribution in [2.24, 2.45) is 28.6 Å². The molecule has 1 amide bonds. The average molecular weight is 390 g/mol. The lowest BCUT2D eigenvalue weighted by molar-refractivity contribution is -0.139. The number of ether oxygens (including phenoxy) is 2. The van der Waals surface area contributed by atoms with Crippen LogP contribution in [0.2, 0.25) is 0 Å². The number of halogens is 1. The molecule has 1 heterocycles. The maximum atomic E-state index is 14.9. The van der Waals surface area contributed by atoms with Crippen molar-refractivity contribution >= 4 is 5.91 Å². The molecule has 2 saturated carbocycles. The van der Waals surface area contributed by atoms with Gasteiger partial charge in [-0.05, 0) is 54.1 Å². The van der Waals surface area contributed by atoms with Crippen LogP contribution < -0.4 is 10.1 Å². The summed E-state index contributed by atoms with van der Waals surface area (Å²) in [6.07, 6.45) is 2.66. The lowest BCUT2D eigenvalue weighted by atomic mass is 9.58. The van der Waals surface area contributed by atoms with Gasteiger partial charge in [0.1, 0.15) is 11.6 Å². The second kappa shape index (κ2) is 6.72. The van der Waals surface area contributed by atoms with Crippen LogP contribution in [0.15, 0.2) is 18.2 Å². The minimum Gasteiger partial charge on any atom is -0.496 e. The predicted molar refractivity (Wildman–Crippen MR) is 105 cm³/mol. The van der Waals surface area contributed by atoms with Gasteiger partial charge in [-0.3, -0.25) is 4.79 Å². The third-order valence-electron chi connectivity index (χ3n) is 7.83. The van der Waals surface area contributed by atoms with Gasteiger partial charge in [0.15, 0.2) is 0 Å². The summed E-state index contributed by atoms with van der Waals surface area (Å²) in [7, 11) is 1.58. The van der Waals surface area contributed by atoms with Crippen molar-refractivity contribution in [1.82, 2.24) is 5.32 Å². The van der Waals surface area contributed by atoms with E-state index in [9.17, 15) is 9.18 Å². The Labute approximate surface area is 167 Å². The largest absolute Gasteiger partial charge is 0.496 e. The molecule has 0 aromatic heterocycles. The minimum atomic E-state index is -0.329. The zero-order chi connectivity index (χ0) is 20.3. The monoisotopic (exact) mass is 389 g/mol. The van der Waals surface area contributed by atoms with Gasteiger partial charge in [-0.1, -0.05) is 33.8 Å². The van der Waals surface area contributed by atoms with E-state index in [1.165, 1.54) is 6.07 Å². The second-order valence-electron chi connectivity index (χ2n) is 9.79. The molecule has 0 unspecified atom stereocenters. The predicted octanol–water partition coefficient (Wildman–Crippen LogP) is 4.49. The first-order chi connectivity index (χ1) is 13.2. The van der Waals surface area contributed by atoms with Crippen LogP contribution in [0.3, 0.4) is 0 Å². The van der Waals surface area contributed by atoms with E-state index in [2.05, 4.69) is 19.2 Å². The highest BCUT2D eigenvalue weighted by Crippen LogP contribution is 2.70. The fraction of sp³-hybridized carbons (Fsp3) is 0.696. The van der Waals surface area contributed by atoms with Crippen molar-refractivity contribution in [1.29, 1.82) is 0 Å². The Morgan fingerprint density at radius 3 is 2.79 bits per heavy atom. The van der Waals surface area contributed by atoms with Crippen molar-refractivity contribution in [3.8, 4) is 5.75 Å². The lowest BCUT2D eigenvalue weighted by Gasteiger charge is -2.53. The Kier molecular flexibility index (Phi) is 4.72. The van der Waals surface area contributed by atoms with E-state index in [0.29, 0.717) is 23.8 Å². The number of methoxy groups -OCH3 is 1.